The number of hydrogen-bond donors (Lipinski definition) is 2. The first-order valence-corrected chi connectivity index (χ1v) is 4.34. The van der Waals surface area contributed by atoms with Gasteiger partial charge in [0.2, 0.25) is 0 Å². The summed E-state index contributed by atoms with van der Waals surface area (Å²) in [6.07, 6.45) is 1.67. The smallest absolute Gasteiger partial charge is 0.132 e. The van der Waals surface area contributed by atoms with Gasteiger partial charge in [0, 0.05) is 17.5 Å². The van der Waals surface area contributed by atoms with Crippen LogP contribution in [0, 0.1) is 5.82 Å². The summed E-state index contributed by atoms with van der Waals surface area (Å²) in [5.41, 5.74) is 1.96. The lowest BCUT2D eigenvalue weighted by Crippen LogP contribution is -1.82. The maximum Gasteiger partial charge on any atom is 0.132 e. The predicted molar refractivity (Wildman–Crippen MR) is 52.1 cm³/mol. The van der Waals surface area contributed by atoms with Crippen molar-refractivity contribution >= 4 is 0 Å². The van der Waals surface area contributed by atoms with Crippen LogP contribution in [0.4, 0.5) is 4.39 Å². The molecule has 0 amide bonds. The zero-order valence-corrected chi connectivity index (χ0v) is 7.50. The average Bonchev–Trinajstić information content (AvgIpc) is 2.67. The Labute approximate surface area is 81.0 Å². The van der Waals surface area contributed by atoms with Crippen molar-refractivity contribution in [2.24, 2.45) is 0 Å². The van der Waals surface area contributed by atoms with Crippen molar-refractivity contribution in [1.82, 2.24) is 4.98 Å². The quantitative estimate of drug-likeness (QED) is 0.750. The fraction of sp³-hybridized carbons (Fsp3) is 0.0909. The second-order valence-electron chi connectivity index (χ2n) is 3.06. The van der Waals surface area contributed by atoms with E-state index >= 15 is 0 Å². The molecule has 0 atom stereocenters. The van der Waals surface area contributed by atoms with E-state index in [0.29, 0.717) is 11.3 Å². The molecule has 0 bridgehead atoms. The number of aliphatic hydroxyl groups excluding tert-OH is 1. The van der Waals surface area contributed by atoms with Gasteiger partial charge in [0.15, 0.2) is 0 Å². The maximum atomic E-state index is 13.3. The largest absolute Gasteiger partial charge is 0.392 e. The van der Waals surface area contributed by atoms with Crippen molar-refractivity contribution in [2.75, 3.05) is 0 Å². The molecule has 3 heteroatoms. The van der Waals surface area contributed by atoms with Gasteiger partial charge in [-0.1, -0.05) is 12.1 Å². The SMILES string of the molecule is OCc1c[nH]c(-c2ccccc2F)c1. The highest BCUT2D eigenvalue weighted by atomic mass is 19.1. The van der Waals surface area contributed by atoms with Crippen LogP contribution in [0.1, 0.15) is 5.56 Å². The normalized spacial score (nSPS) is 10.4. The van der Waals surface area contributed by atoms with Crippen LogP contribution in [0.15, 0.2) is 36.5 Å². The highest BCUT2D eigenvalue weighted by Crippen LogP contribution is 2.21. The van der Waals surface area contributed by atoms with Gasteiger partial charge < -0.3 is 10.1 Å². The topological polar surface area (TPSA) is 36.0 Å². The fourth-order valence-electron chi connectivity index (χ4n) is 1.37. The molecule has 72 valence electrons. The van der Waals surface area contributed by atoms with Crippen LogP contribution in [0.5, 0.6) is 0 Å². The number of aliphatic hydroxyl groups is 1. The number of benzene rings is 1. The van der Waals surface area contributed by atoms with Crippen LogP contribution in [0.25, 0.3) is 11.3 Å². The number of aromatic nitrogens is 1. The molecule has 0 fully saturated rings. The van der Waals surface area contributed by atoms with Crippen LogP contribution < -0.4 is 0 Å². The van der Waals surface area contributed by atoms with E-state index in [1.807, 2.05) is 0 Å². The van der Waals surface area contributed by atoms with Gasteiger partial charge in [-0.05, 0) is 23.8 Å². The molecule has 0 saturated carbocycles. The molecular formula is C11H10FNO. The molecule has 14 heavy (non-hydrogen) atoms. The van der Waals surface area contributed by atoms with E-state index in [1.54, 1.807) is 30.5 Å². The van der Waals surface area contributed by atoms with Crippen LogP contribution >= 0.6 is 0 Å². The minimum atomic E-state index is -0.265. The van der Waals surface area contributed by atoms with Crippen molar-refractivity contribution in [3.8, 4) is 11.3 Å². The number of H-pyrrole nitrogens is 1. The highest BCUT2D eigenvalue weighted by Gasteiger charge is 2.05. The van der Waals surface area contributed by atoms with Crippen molar-refractivity contribution in [2.45, 2.75) is 6.61 Å². The summed E-state index contributed by atoms with van der Waals surface area (Å²) in [6, 6.07) is 8.27. The monoisotopic (exact) mass is 191 g/mol. The van der Waals surface area contributed by atoms with Crippen LogP contribution in [0.2, 0.25) is 0 Å². The number of rotatable bonds is 2. The van der Waals surface area contributed by atoms with Gasteiger partial charge in [-0.3, -0.25) is 0 Å². The molecule has 1 aromatic carbocycles. The molecule has 0 unspecified atom stereocenters. The molecule has 0 aliphatic heterocycles. The molecule has 0 radical (unpaired) electrons. The lowest BCUT2D eigenvalue weighted by molar-refractivity contribution is 0.282. The number of halogens is 1. The third-order valence-electron chi connectivity index (χ3n) is 2.09. The number of nitrogens with one attached hydrogen (secondary N) is 1. The molecule has 2 aromatic rings. The van der Waals surface area contributed by atoms with Crippen LogP contribution in [0.3, 0.4) is 0 Å². The van der Waals surface area contributed by atoms with Crippen molar-refractivity contribution < 1.29 is 9.50 Å². The van der Waals surface area contributed by atoms with E-state index in [2.05, 4.69) is 4.98 Å². The average molecular weight is 191 g/mol. The molecule has 2 nitrogen and oxygen atoms in total. The molecule has 1 heterocycles. The second kappa shape index (κ2) is 3.64. The zero-order chi connectivity index (χ0) is 9.97. The lowest BCUT2D eigenvalue weighted by Gasteiger charge is -1.98. The van der Waals surface area contributed by atoms with Gasteiger partial charge in [0.05, 0.1) is 6.61 Å². The Bertz CT molecular complexity index is 436. The van der Waals surface area contributed by atoms with E-state index in [0.717, 1.165) is 5.56 Å². The molecule has 0 aliphatic carbocycles. The summed E-state index contributed by atoms with van der Waals surface area (Å²) in [4.78, 5) is 2.91. The Morgan fingerprint density at radius 2 is 2.07 bits per heavy atom. The van der Waals surface area contributed by atoms with Crippen molar-refractivity contribution in [1.29, 1.82) is 0 Å². The summed E-state index contributed by atoms with van der Waals surface area (Å²) in [5, 5.41) is 8.85. The van der Waals surface area contributed by atoms with Gasteiger partial charge in [-0.15, -0.1) is 0 Å². The lowest BCUT2D eigenvalue weighted by atomic mass is 10.1. The first-order chi connectivity index (χ1) is 6.81. The van der Waals surface area contributed by atoms with Gasteiger partial charge in [-0.2, -0.15) is 0 Å². The Balaban J connectivity index is 2.44. The molecule has 2 N–H and O–H groups in total. The third-order valence-corrected chi connectivity index (χ3v) is 2.09. The molecular weight excluding hydrogens is 181 g/mol. The van der Waals surface area contributed by atoms with E-state index in [-0.39, 0.29) is 12.4 Å². The van der Waals surface area contributed by atoms with Gasteiger partial charge in [-0.25, -0.2) is 4.39 Å². The van der Waals surface area contributed by atoms with Crippen LogP contribution in [-0.2, 0) is 6.61 Å². The summed E-state index contributed by atoms with van der Waals surface area (Å²) in [6.45, 7) is -0.0368. The van der Waals surface area contributed by atoms with Crippen molar-refractivity contribution in [3.05, 3.63) is 47.9 Å². The Morgan fingerprint density at radius 1 is 1.29 bits per heavy atom. The molecule has 1 aromatic heterocycles. The Morgan fingerprint density at radius 3 is 2.71 bits per heavy atom. The van der Waals surface area contributed by atoms with E-state index < -0.39 is 0 Å². The third kappa shape index (κ3) is 1.54. The van der Waals surface area contributed by atoms with E-state index in [9.17, 15) is 4.39 Å². The first-order valence-electron chi connectivity index (χ1n) is 4.34. The zero-order valence-electron chi connectivity index (χ0n) is 7.50. The van der Waals surface area contributed by atoms with Gasteiger partial charge in [0.25, 0.3) is 0 Å². The van der Waals surface area contributed by atoms with Crippen LogP contribution in [-0.4, -0.2) is 10.1 Å². The summed E-state index contributed by atoms with van der Waals surface area (Å²) >= 11 is 0. The summed E-state index contributed by atoms with van der Waals surface area (Å²) in [7, 11) is 0. The number of aromatic amines is 1. The Hall–Kier alpha value is -1.61. The molecule has 0 spiro atoms. The second-order valence-corrected chi connectivity index (χ2v) is 3.06. The van der Waals surface area contributed by atoms with Gasteiger partial charge >= 0.3 is 0 Å². The molecule has 0 aliphatic rings. The van der Waals surface area contributed by atoms with E-state index in [4.69, 9.17) is 5.11 Å². The predicted octanol–water partition coefficient (Wildman–Crippen LogP) is 2.31. The minimum absolute atomic E-state index is 0.0368. The summed E-state index contributed by atoms with van der Waals surface area (Å²) in [5.74, 6) is -0.265. The van der Waals surface area contributed by atoms with Crippen molar-refractivity contribution in [3.63, 3.8) is 0 Å². The van der Waals surface area contributed by atoms with Gasteiger partial charge in [0.1, 0.15) is 5.82 Å². The summed E-state index contributed by atoms with van der Waals surface area (Å²) < 4.78 is 13.3. The Kier molecular flexibility index (Phi) is 2.33. The molecule has 0 saturated heterocycles. The number of hydrogen-bond acceptors (Lipinski definition) is 1. The minimum Gasteiger partial charge on any atom is -0.392 e. The first kappa shape index (κ1) is 8.97. The standard InChI is InChI=1S/C11H10FNO/c12-10-4-2-1-3-9(10)11-5-8(7-14)6-13-11/h1-6,13-14H,7H2. The van der Waals surface area contributed by atoms with E-state index in [1.165, 1.54) is 6.07 Å². The maximum absolute atomic E-state index is 13.3. The highest BCUT2D eigenvalue weighted by molar-refractivity contribution is 5.60. The molecule has 2 rings (SSSR count). The fourth-order valence-corrected chi connectivity index (χ4v) is 1.37.